The number of hydrogen-bond acceptors (Lipinski definition) is 1. The van der Waals surface area contributed by atoms with Crippen molar-refractivity contribution in [2.75, 3.05) is 6.54 Å². The molecule has 1 aromatic rings. The fourth-order valence-electron chi connectivity index (χ4n) is 2.32. The number of benzene rings is 1. The van der Waals surface area contributed by atoms with E-state index in [0.717, 1.165) is 18.5 Å². The van der Waals surface area contributed by atoms with Crippen LogP contribution in [0.5, 0.6) is 0 Å². The van der Waals surface area contributed by atoms with Crippen LogP contribution < -0.4 is 5.32 Å². The van der Waals surface area contributed by atoms with Crippen LogP contribution in [0.4, 0.5) is 0 Å². The Bertz CT molecular complexity index is 388. The molecule has 108 valence electrons. The molecule has 0 bridgehead atoms. The van der Waals surface area contributed by atoms with E-state index < -0.39 is 0 Å². The van der Waals surface area contributed by atoms with E-state index in [4.69, 9.17) is 23.2 Å². The lowest BCUT2D eigenvalue weighted by Gasteiger charge is -2.22. The minimum absolute atomic E-state index is 0.518. The molecule has 1 atom stereocenters. The van der Waals surface area contributed by atoms with Gasteiger partial charge < -0.3 is 5.32 Å². The summed E-state index contributed by atoms with van der Waals surface area (Å²) in [6.45, 7) is 9.92. The SMILES string of the molecule is CC(C)CC(CNC(C)C)Cc1cccc(Cl)c1Cl. The molecule has 0 heterocycles. The first kappa shape index (κ1) is 16.8. The average Bonchev–Trinajstić information content (AvgIpc) is 2.31. The Kier molecular flexibility index (Phi) is 7.20. The van der Waals surface area contributed by atoms with Crippen LogP contribution in [0.2, 0.25) is 10.0 Å². The van der Waals surface area contributed by atoms with Gasteiger partial charge in [-0.05, 0) is 42.9 Å². The highest BCUT2D eigenvalue weighted by atomic mass is 35.5. The maximum Gasteiger partial charge on any atom is 0.0624 e. The van der Waals surface area contributed by atoms with E-state index in [2.05, 4.69) is 39.1 Å². The second kappa shape index (κ2) is 8.14. The highest BCUT2D eigenvalue weighted by Crippen LogP contribution is 2.28. The smallest absolute Gasteiger partial charge is 0.0624 e. The largest absolute Gasteiger partial charge is 0.314 e. The molecule has 0 radical (unpaired) electrons. The van der Waals surface area contributed by atoms with Crippen molar-refractivity contribution in [3.05, 3.63) is 33.8 Å². The van der Waals surface area contributed by atoms with E-state index in [1.807, 2.05) is 12.1 Å². The van der Waals surface area contributed by atoms with Gasteiger partial charge in [0, 0.05) is 6.04 Å². The molecule has 0 saturated carbocycles. The van der Waals surface area contributed by atoms with Gasteiger partial charge in [-0.2, -0.15) is 0 Å². The third-order valence-electron chi connectivity index (χ3n) is 3.16. The first-order valence-corrected chi connectivity index (χ1v) is 7.82. The maximum atomic E-state index is 6.28. The second-order valence-corrected chi connectivity index (χ2v) is 6.76. The van der Waals surface area contributed by atoms with Crippen LogP contribution in [0.3, 0.4) is 0 Å². The minimum Gasteiger partial charge on any atom is -0.314 e. The zero-order valence-electron chi connectivity index (χ0n) is 12.3. The monoisotopic (exact) mass is 301 g/mol. The molecule has 0 aliphatic rings. The van der Waals surface area contributed by atoms with Gasteiger partial charge in [-0.1, -0.05) is 63.0 Å². The molecule has 3 heteroatoms. The van der Waals surface area contributed by atoms with Gasteiger partial charge in [0.05, 0.1) is 10.0 Å². The van der Waals surface area contributed by atoms with E-state index >= 15 is 0 Å². The van der Waals surface area contributed by atoms with Gasteiger partial charge in [-0.3, -0.25) is 0 Å². The molecule has 0 saturated heterocycles. The summed E-state index contributed by atoms with van der Waals surface area (Å²) in [7, 11) is 0. The van der Waals surface area contributed by atoms with Crippen molar-refractivity contribution in [3.63, 3.8) is 0 Å². The van der Waals surface area contributed by atoms with Crippen molar-refractivity contribution < 1.29 is 0 Å². The summed E-state index contributed by atoms with van der Waals surface area (Å²) in [4.78, 5) is 0. The van der Waals surface area contributed by atoms with Crippen LogP contribution in [0.1, 0.15) is 39.7 Å². The van der Waals surface area contributed by atoms with Crippen molar-refractivity contribution in [2.24, 2.45) is 11.8 Å². The second-order valence-electron chi connectivity index (χ2n) is 5.98. The van der Waals surface area contributed by atoms with Crippen LogP contribution in [-0.4, -0.2) is 12.6 Å². The van der Waals surface area contributed by atoms with Crippen molar-refractivity contribution >= 4 is 23.2 Å². The van der Waals surface area contributed by atoms with E-state index in [0.29, 0.717) is 27.9 Å². The molecule has 0 spiro atoms. The summed E-state index contributed by atoms with van der Waals surface area (Å²) < 4.78 is 0. The Labute approximate surface area is 127 Å². The first-order chi connectivity index (χ1) is 8.90. The quantitative estimate of drug-likeness (QED) is 0.730. The summed E-state index contributed by atoms with van der Waals surface area (Å²) in [5.41, 5.74) is 1.16. The standard InChI is InChI=1S/C16H25Cl2N/c1-11(2)8-13(10-19-12(3)4)9-14-6-5-7-15(17)16(14)18/h5-7,11-13,19H,8-10H2,1-4H3. The zero-order chi connectivity index (χ0) is 14.4. The molecule has 1 unspecified atom stereocenters. The van der Waals surface area contributed by atoms with Crippen LogP contribution in [0, 0.1) is 11.8 Å². The molecule has 1 N–H and O–H groups in total. The highest BCUT2D eigenvalue weighted by Gasteiger charge is 2.15. The summed E-state index contributed by atoms with van der Waals surface area (Å²) >= 11 is 12.4. The number of nitrogens with one attached hydrogen (secondary N) is 1. The lowest BCUT2D eigenvalue weighted by Crippen LogP contribution is -2.30. The van der Waals surface area contributed by atoms with Gasteiger partial charge in [0.25, 0.3) is 0 Å². The molecular formula is C16H25Cl2N. The molecule has 19 heavy (non-hydrogen) atoms. The molecule has 0 aromatic heterocycles. The van der Waals surface area contributed by atoms with Gasteiger partial charge in [0.2, 0.25) is 0 Å². The predicted molar refractivity (Wildman–Crippen MR) is 86.2 cm³/mol. The summed E-state index contributed by atoms with van der Waals surface area (Å²) in [6, 6.07) is 6.42. The van der Waals surface area contributed by atoms with E-state index in [9.17, 15) is 0 Å². The van der Waals surface area contributed by atoms with E-state index in [1.165, 1.54) is 6.42 Å². The maximum absolute atomic E-state index is 6.28. The minimum atomic E-state index is 0.518. The first-order valence-electron chi connectivity index (χ1n) is 7.06. The number of hydrogen-bond donors (Lipinski definition) is 1. The molecule has 1 rings (SSSR count). The fraction of sp³-hybridized carbons (Fsp3) is 0.625. The summed E-state index contributed by atoms with van der Waals surface area (Å²) in [5.74, 6) is 1.29. The van der Waals surface area contributed by atoms with Gasteiger partial charge in [-0.25, -0.2) is 0 Å². The summed E-state index contributed by atoms with van der Waals surface area (Å²) in [5, 5.41) is 4.89. The number of halogens is 2. The van der Waals surface area contributed by atoms with Crippen LogP contribution in [0.15, 0.2) is 18.2 Å². The van der Waals surface area contributed by atoms with Crippen molar-refractivity contribution in [3.8, 4) is 0 Å². The summed E-state index contributed by atoms with van der Waals surface area (Å²) in [6.07, 6.45) is 2.18. The van der Waals surface area contributed by atoms with E-state index in [1.54, 1.807) is 0 Å². The molecular weight excluding hydrogens is 277 g/mol. The highest BCUT2D eigenvalue weighted by molar-refractivity contribution is 6.42. The van der Waals surface area contributed by atoms with Crippen LogP contribution in [0.25, 0.3) is 0 Å². The number of rotatable bonds is 7. The van der Waals surface area contributed by atoms with E-state index in [-0.39, 0.29) is 0 Å². The lowest BCUT2D eigenvalue weighted by atomic mass is 9.90. The van der Waals surface area contributed by atoms with Crippen molar-refractivity contribution in [1.82, 2.24) is 5.32 Å². The molecule has 0 aliphatic carbocycles. The van der Waals surface area contributed by atoms with Crippen LogP contribution in [-0.2, 0) is 6.42 Å². The molecule has 0 amide bonds. The normalized spacial score (nSPS) is 13.3. The predicted octanol–water partition coefficient (Wildman–Crippen LogP) is 5.20. The Hall–Kier alpha value is -0.240. The Morgan fingerprint density at radius 3 is 2.37 bits per heavy atom. The molecule has 0 aliphatic heterocycles. The molecule has 0 fully saturated rings. The Balaban J connectivity index is 2.72. The van der Waals surface area contributed by atoms with Gasteiger partial charge >= 0.3 is 0 Å². The lowest BCUT2D eigenvalue weighted by molar-refractivity contribution is 0.373. The molecule has 1 aromatic carbocycles. The van der Waals surface area contributed by atoms with Gasteiger partial charge in [-0.15, -0.1) is 0 Å². The van der Waals surface area contributed by atoms with Gasteiger partial charge in [0.1, 0.15) is 0 Å². The average molecular weight is 302 g/mol. The Morgan fingerprint density at radius 1 is 1.11 bits per heavy atom. The van der Waals surface area contributed by atoms with Crippen molar-refractivity contribution in [2.45, 2.75) is 46.6 Å². The third kappa shape index (κ3) is 6.16. The molecule has 1 nitrogen and oxygen atoms in total. The third-order valence-corrected chi connectivity index (χ3v) is 4.02. The zero-order valence-corrected chi connectivity index (χ0v) is 13.9. The van der Waals surface area contributed by atoms with Crippen LogP contribution >= 0.6 is 23.2 Å². The van der Waals surface area contributed by atoms with Crippen molar-refractivity contribution in [1.29, 1.82) is 0 Å². The fourth-order valence-corrected chi connectivity index (χ4v) is 2.72. The Morgan fingerprint density at radius 2 is 1.79 bits per heavy atom. The topological polar surface area (TPSA) is 12.0 Å². The van der Waals surface area contributed by atoms with Gasteiger partial charge in [0.15, 0.2) is 0 Å².